The Balaban J connectivity index is 1.43. The van der Waals surface area contributed by atoms with Gasteiger partial charge in [-0.2, -0.15) is 0 Å². The van der Waals surface area contributed by atoms with Crippen molar-refractivity contribution in [2.45, 2.75) is 39.0 Å². The fourth-order valence-corrected chi connectivity index (χ4v) is 5.07. The molecule has 0 spiro atoms. The van der Waals surface area contributed by atoms with Gasteiger partial charge >= 0.3 is 0 Å². The number of furan rings is 1. The highest BCUT2D eigenvalue weighted by Crippen LogP contribution is 2.36. The Morgan fingerprint density at radius 2 is 1.83 bits per heavy atom. The van der Waals surface area contributed by atoms with Gasteiger partial charge in [-0.15, -0.1) is 0 Å². The number of pyridine rings is 1. The van der Waals surface area contributed by atoms with Crippen LogP contribution in [-0.2, 0) is 19.7 Å². The number of aryl methyl sites for hydroxylation is 1. The van der Waals surface area contributed by atoms with Crippen LogP contribution in [0, 0.1) is 12.8 Å². The highest BCUT2D eigenvalue weighted by Gasteiger charge is 2.35. The van der Waals surface area contributed by atoms with E-state index in [1.807, 2.05) is 41.0 Å². The molecule has 0 aliphatic carbocycles. The second kappa shape index (κ2) is 7.32. The molecule has 1 aromatic carbocycles. The highest BCUT2D eigenvalue weighted by atomic mass is 16.4. The lowest BCUT2D eigenvalue weighted by atomic mass is 9.82. The molecule has 3 aromatic rings. The zero-order valence-corrected chi connectivity index (χ0v) is 16.7. The fraction of sp³-hybridized carbons (Fsp3) is 0.375. The van der Waals surface area contributed by atoms with Gasteiger partial charge in [0.05, 0.1) is 6.54 Å². The second-order valence-electron chi connectivity index (χ2n) is 8.42. The number of aromatic nitrogens is 1. The minimum absolute atomic E-state index is 0.0647. The van der Waals surface area contributed by atoms with Crippen molar-refractivity contribution in [3.05, 3.63) is 81.7 Å². The van der Waals surface area contributed by atoms with Crippen molar-refractivity contribution >= 4 is 0 Å². The quantitative estimate of drug-likeness (QED) is 0.740. The Bertz CT molecular complexity index is 1100. The summed E-state index contributed by atoms with van der Waals surface area (Å²) >= 11 is 0. The lowest BCUT2D eigenvalue weighted by Gasteiger charge is -2.42. The number of hydrogen-bond acceptors (Lipinski definition) is 4. The third-order valence-electron chi connectivity index (χ3n) is 6.37. The summed E-state index contributed by atoms with van der Waals surface area (Å²) in [5.74, 6) is 2.34. The number of aliphatic hydroxyl groups excluding tert-OH is 1. The van der Waals surface area contributed by atoms with Crippen molar-refractivity contribution in [1.29, 1.82) is 0 Å². The third kappa shape index (κ3) is 3.34. The van der Waals surface area contributed by atoms with E-state index in [1.54, 1.807) is 0 Å². The number of hydrogen-bond donors (Lipinski definition) is 1. The van der Waals surface area contributed by atoms with E-state index < -0.39 is 0 Å². The molecule has 1 saturated heterocycles. The number of rotatable bonds is 4. The molecule has 2 atom stereocenters. The zero-order chi connectivity index (χ0) is 20.0. The number of aliphatic hydroxyl groups is 1. The minimum atomic E-state index is -0.0647. The molecular formula is C24H26N2O3. The van der Waals surface area contributed by atoms with Crippen molar-refractivity contribution in [1.82, 2.24) is 9.47 Å². The van der Waals surface area contributed by atoms with Crippen LogP contribution in [0.3, 0.4) is 0 Å². The molecule has 1 fully saturated rings. The molecule has 4 heterocycles. The minimum Gasteiger partial charge on any atom is -0.462 e. The van der Waals surface area contributed by atoms with Crippen molar-refractivity contribution in [2.24, 2.45) is 5.92 Å². The van der Waals surface area contributed by atoms with Crippen molar-refractivity contribution < 1.29 is 9.52 Å². The van der Waals surface area contributed by atoms with Gasteiger partial charge in [0.1, 0.15) is 18.1 Å². The van der Waals surface area contributed by atoms with Gasteiger partial charge in [-0.25, -0.2) is 0 Å². The summed E-state index contributed by atoms with van der Waals surface area (Å²) in [5.41, 5.74) is 4.26. The Hall–Kier alpha value is -2.63. The molecule has 2 aliphatic rings. The molecule has 2 aromatic heterocycles. The second-order valence-corrected chi connectivity index (χ2v) is 8.42. The van der Waals surface area contributed by atoms with Crippen LogP contribution in [0.1, 0.15) is 35.1 Å². The molecule has 2 aliphatic heterocycles. The Morgan fingerprint density at radius 1 is 1.00 bits per heavy atom. The van der Waals surface area contributed by atoms with E-state index in [-0.39, 0.29) is 12.2 Å². The van der Waals surface area contributed by atoms with E-state index >= 15 is 0 Å². The van der Waals surface area contributed by atoms with E-state index in [1.165, 1.54) is 0 Å². The van der Waals surface area contributed by atoms with E-state index in [0.29, 0.717) is 17.6 Å². The fourth-order valence-electron chi connectivity index (χ4n) is 5.07. The van der Waals surface area contributed by atoms with Crippen LogP contribution in [0.5, 0.6) is 0 Å². The maximum absolute atomic E-state index is 13.3. The molecule has 0 radical (unpaired) electrons. The van der Waals surface area contributed by atoms with Gasteiger partial charge in [-0.1, -0.05) is 24.3 Å². The first-order valence-electron chi connectivity index (χ1n) is 10.3. The Labute approximate surface area is 170 Å². The zero-order valence-electron chi connectivity index (χ0n) is 16.7. The number of piperidine rings is 1. The first-order valence-corrected chi connectivity index (χ1v) is 10.3. The van der Waals surface area contributed by atoms with Gasteiger partial charge < -0.3 is 14.1 Å². The summed E-state index contributed by atoms with van der Waals surface area (Å²) in [5, 5.41) is 9.21. The number of likely N-dealkylation sites (tertiary alicyclic amines) is 1. The molecule has 2 bridgehead atoms. The molecule has 1 N–H and O–H groups in total. The molecule has 5 nitrogen and oxygen atoms in total. The van der Waals surface area contributed by atoms with Crippen molar-refractivity contribution in [2.75, 3.05) is 13.1 Å². The number of benzene rings is 1. The predicted molar refractivity (Wildman–Crippen MR) is 112 cm³/mol. The normalized spacial score (nSPS) is 21.2. The van der Waals surface area contributed by atoms with Crippen LogP contribution in [0.4, 0.5) is 0 Å². The molecule has 0 saturated carbocycles. The maximum atomic E-state index is 13.3. The average Bonchev–Trinajstić information content (AvgIpc) is 3.17. The molecule has 29 heavy (non-hydrogen) atoms. The SMILES string of the molecule is Cc1ccccc1-c1ccc2n(c1=O)CC1CC2CN(Cc2ccc(CO)o2)C1. The summed E-state index contributed by atoms with van der Waals surface area (Å²) in [6.07, 6.45) is 1.14. The summed E-state index contributed by atoms with van der Waals surface area (Å²) in [6.45, 7) is 5.41. The van der Waals surface area contributed by atoms with Gasteiger partial charge in [0.2, 0.25) is 0 Å². The van der Waals surface area contributed by atoms with E-state index in [9.17, 15) is 9.90 Å². The summed E-state index contributed by atoms with van der Waals surface area (Å²) in [7, 11) is 0. The van der Waals surface area contributed by atoms with Crippen LogP contribution >= 0.6 is 0 Å². The van der Waals surface area contributed by atoms with Crippen LogP contribution in [0.25, 0.3) is 11.1 Å². The van der Waals surface area contributed by atoms with Crippen LogP contribution in [0.15, 0.2) is 57.7 Å². The van der Waals surface area contributed by atoms with Gasteiger partial charge in [0, 0.05) is 36.8 Å². The largest absolute Gasteiger partial charge is 0.462 e. The van der Waals surface area contributed by atoms with E-state index in [2.05, 4.69) is 24.0 Å². The Kier molecular flexibility index (Phi) is 4.64. The summed E-state index contributed by atoms with van der Waals surface area (Å²) < 4.78 is 7.70. The molecule has 2 unspecified atom stereocenters. The van der Waals surface area contributed by atoms with Crippen molar-refractivity contribution in [3.63, 3.8) is 0 Å². The Morgan fingerprint density at radius 3 is 2.62 bits per heavy atom. The average molecular weight is 390 g/mol. The lowest BCUT2D eigenvalue weighted by molar-refractivity contribution is 0.106. The summed E-state index contributed by atoms with van der Waals surface area (Å²) in [4.78, 5) is 15.7. The molecule has 5 heteroatoms. The standard InChI is InChI=1S/C24H26N2O3/c1-16-4-2-3-5-21(16)22-8-9-23-18-10-17(12-26(23)24(22)28)11-25(13-18)14-19-6-7-20(15-27)29-19/h2-9,17-18,27H,10-15H2,1H3. The third-order valence-corrected chi connectivity index (χ3v) is 6.37. The number of nitrogens with zero attached hydrogens (tertiary/aromatic N) is 2. The molecule has 5 rings (SSSR count). The van der Waals surface area contributed by atoms with Crippen LogP contribution in [-0.4, -0.2) is 27.7 Å². The highest BCUT2D eigenvalue weighted by molar-refractivity contribution is 5.66. The smallest absolute Gasteiger partial charge is 0.258 e. The molecule has 150 valence electrons. The maximum Gasteiger partial charge on any atom is 0.258 e. The monoisotopic (exact) mass is 390 g/mol. The van der Waals surface area contributed by atoms with Gasteiger partial charge in [0.15, 0.2) is 0 Å². The predicted octanol–water partition coefficient (Wildman–Crippen LogP) is 3.53. The van der Waals surface area contributed by atoms with Crippen LogP contribution in [0.2, 0.25) is 0 Å². The van der Waals surface area contributed by atoms with E-state index in [0.717, 1.165) is 60.7 Å². The first-order chi connectivity index (χ1) is 14.1. The lowest BCUT2D eigenvalue weighted by Crippen LogP contribution is -2.46. The summed E-state index contributed by atoms with van der Waals surface area (Å²) in [6, 6.07) is 16.0. The van der Waals surface area contributed by atoms with Gasteiger partial charge in [0.25, 0.3) is 5.56 Å². The number of fused-ring (bicyclic) bond motifs is 4. The van der Waals surface area contributed by atoms with Crippen LogP contribution < -0.4 is 5.56 Å². The van der Waals surface area contributed by atoms with E-state index in [4.69, 9.17) is 4.42 Å². The molecule has 0 amide bonds. The molecular weight excluding hydrogens is 364 g/mol. The first kappa shape index (κ1) is 18.4. The van der Waals surface area contributed by atoms with Crippen molar-refractivity contribution in [3.8, 4) is 11.1 Å². The van der Waals surface area contributed by atoms with Gasteiger partial charge in [-0.05, 0) is 54.7 Å². The van der Waals surface area contributed by atoms with Gasteiger partial charge in [-0.3, -0.25) is 9.69 Å². The topological polar surface area (TPSA) is 58.6 Å².